The highest BCUT2D eigenvalue weighted by Crippen LogP contribution is 2.19. The van der Waals surface area contributed by atoms with Gasteiger partial charge in [-0.15, -0.1) is 0 Å². The highest BCUT2D eigenvalue weighted by atomic mass is 32.2. The van der Waals surface area contributed by atoms with E-state index in [2.05, 4.69) is 9.97 Å². The van der Waals surface area contributed by atoms with Gasteiger partial charge in [0.15, 0.2) is 5.65 Å². The Morgan fingerprint density at radius 2 is 1.86 bits per heavy atom. The van der Waals surface area contributed by atoms with E-state index in [4.69, 9.17) is 0 Å². The van der Waals surface area contributed by atoms with Crippen molar-refractivity contribution in [1.29, 1.82) is 0 Å². The predicted octanol–water partition coefficient (Wildman–Crippen LogP) is -0.343. The van der Waals surface area contributed by atoms with Gasteiger partial charge in [0.05, 0.1) is 4.90 Å². The lowest BCUT2D eigenvalue weighted by atomic mass is 9.81. The monoisotopic (exact) mass is 317 g/mol. The van der Waals surface area contributed by atoms with Crippen LogP contribution in [0.2, 0.25) is 0 Å². The summed E-state index contributed by atoms with van der Waals surface area (Å²) in [5, 5.41) is 19.1. The minimum atomic E-state index is -3.89. The third-order valence-electron chi connectivity index (χ3n) is 3.32. The van der Waals surface area contributed by atoms with Crippen molar-refractivity contribution < 1.29 is 18.5 Å². The predicted molar refractivity (Wildman–Crippen MR) is 81.1 cm³/mol. The van der Waals surface area contributed by atoms with E-state index in [1.165, 1.54) is 24.7 Å². The highest BCUT2D eigenvalue weighted by Gasteiger charge is 2.26. The van der Waals surface area contributed by atoms with Crippen molar-refractivity contribution in [2.24, 2.45) is 0 Å². The summed E-state index contributed by atoms with van der Waals surface area (Å²) in [6.07, 6.45) is 3.70. The summed E-state index contributed by atoms with van der Waals surface area (Å²) >= 11 is 0. The van der Waals surface area contributed by atoms with Crippen LogP contribution in [0.3, 0.4) is 0 Å². The summed E-state index contributed by atoms with van der Waals surface area (Å²) in [6, 6.07) is 6.37. The van der Waals surface area contributed by atoms with Crippen LogP contribution < -0.4 is 5.46 Å². The Kier molecular flexibility index (Phi) is 3.47. The Bertz CT molecular complexity index is 936. The summed E-state index contributed by atoms with van der Waals surface area (Å²) in [4.78, 5) is 7.83. The number of nitrogens with zero attached hydrogens (tertiary/aromatic N) is 3. The molecule has 2 heterocycles. The van der Waals surface area contributed by atoms with Crippen LogP contribution in [0.4, 0.5) is 0 Å². The second-order valence-electron chi connectivity index (χ2n) is 4.83. The summed E-state index contributed by atoms with van der Waals surface area (Å²) in [7, 11) is -5.71. The van der Waals surface area contributed by atoms with Gasteiger partial charge >= 0.3 is 7.12 Å². The van der Waals surface area contributed by atoms with E-state index in [1.54, 1.807) is 12.1 Å². The van der Waals surface area contributed by atoms with E-state index in [0.717, 1.165) is 15.7 Å². The molecule has 0 bridgehead atoms. The lowest BCUT2D eigenvalue weighted by molar-refractivity contribution is 0.426. The van der Waals surface area contributed by atoms with Gasteiger partial charge in [-0.05, 0) is 19.1 Å². The number of hydrogen-bond acceptors (Lipinski definition) is 6. The zero-order chi connectivity index (χ0) is 15.9. The first-order valence-corrected chi connectivity index (χ1v) is 7.84. The zero-order valence-corrected chi connectivity index (χ0v) is 12.4. The molecular weight excluding hydrogens is 305 g/mol. The van der Waals surface area contributed by atoms with Gasteiger partial charge in [0.1, 0.15) is 6.33 Å². The molecule has 0 saturated heterocycles. The topological polar surface area (TPSA) is 105 Å². The maximum absolute atomic E-state index is 12.7. The molecule has 0 aliphatic carbocycles. The van der Waals surface area contributed by atoms with E-state index in [9.17, 15) is 18.5 Å². The van der Waals surface area contributed by atoms with Gasteiger partial charge in [0.25, 0.3) is 10.0 Å². The van der Waals surface area contributed by atoms with Gasteiger partial charge in [-0.1, -0.05) is 17.7 Å². The average molecular weight is 317 g/mol. The third-order valence-corrected chi connectivity index (χ3v) is 4.99. The molecule has 112 valence electrons. The summed E-state index contributed by atoms with van der Waals surface area (Å²) < 4.78 is 26.4. The van der Waals surface area contributed by atoms with E-state index in [0.29, 0.717) is 0 Å². The second-order valence-corrected chi connectivity index (χ2v) is 6.65. The van der Waals surface area contributed by atoms with E-state index in [-0.39, 0.29) is 21.4 Å². The van der Waals surface area contributed by atoms with Crippen molar-refractivity contribution in [3.63, 3.8) is 0 Å². The normalized spacial score (nSPS) is 11.8. The van der Waals surface area contributed by atoms with E-state index < -0.39 is 17.1 Å². The molecule has 3 rings (SSSR count). The van der Waals surface area contributed by atoms with Gasteiger partial charge in [-0.3, -0.25) is 0 Å². The van der Waals surface area contributed by atoms with Gasteiger partial charge < -0.3 is 10.0 Å². The van der Waals surface area contributed by atoms with Crippen molar-refractivity contribution in [1.82, 2.24) is 13.9 Å². The van der Waals surface area contributed by atoms with Crippen LogP contribution in [-0.4, -0.2) is 39.5 Å². The van der Waals surface area contributed by atoms with E-state index >= 15 is 0 Å². The number of aryl methyl sites for hydroxylation is 1. The molecule has 0 saturated carbocycles. The molecule has 0 amide bonds. The Balaban J connectivity index is 2.27. The van der Waals surface area contributed by atoms with Crippen LogP contribution in [0.1, 0.15) is 5.56 Å². The Hall–Kier alpha value is -2.23. The van der Waals surface area contributed by atoms with E-state index in [1.807, 2.05) is 6.92 Å². The fourth-order valence-electron chi connectivity index (χ4n) is 2.17. The first kappa shape index (κ1) is 14.7. The number of benzene rings is 1. The molecule has 0 aliphatic heterocycles. The van der Waals surface area contributed by atoms with Crippen LogP contribution >= 0.6 is 0 Å². The van der Waals surface area contributed by atoms with Crippen LogP contribution in [0.25, 0.3) is 11.0 Å². The molecule has 0 radical (unpaired) electrons. The van der Waals surface area contributed by atoms with Crippen LogP contribution in [0, 0.1) is 6.92 Å². The Morgan fingerprint density at radius 1 is 1.18 bits per heavy atom. The van der Waals surface area contributed by atoms with Crippen LogP contribution in [0.15, 0.2) is 47.9 Å². The van der Waals surface area contributed by atoms with Crippen LogP contribution in [-0.2, 0) is 10.0 Å². The molecule has 22 heavy (non-hydrogen) atoms. The van der Waals surface area contributed by atoms with Crippen LogP contribution in [0.5, 0.6) is 0 Å². The third kappa shape index (κ3) is 2.29. The lowest BCUT2D eigenvalue weighted by Crippen LogP contribution is -2.29. The summed E-state index contributed by atoms with van der Waals surface area (Å²) in [6.45, 7) is 1.86. The van der Waals surface area contributed by atoms with Gasteiger partial charge in [0, 0.05) is 23.2 Å². The zero-order valence-electron chi connectivity index (χ0n) is 11.6. The maximum Gasteiger partial charge on any atom is 0.490 e. The van der Waals surface area contributed by atoms with Crippen molar-refractivity contribution in [3.8, 4) is 0 Å². The quantitative estimate of drug-likeness (QED) is 0.640. The molecule has 0 aliphatic rings. The molecule has 2 aromatic heterocycles. The summed E-state index contributed by atoms with van der Waals surface area (Å²) in [5.41, 5.74) is 1.06. The Morgan fingerprint density at radius 3 is 2.50 bits per heavy atom. The highest BCUT2D eigenvalue weighted by molar-refractivity contribution is 7.90. The summed E-state index contributed by atoms with van der Waals surface area (Å²) in [5.74, 6) is 0. The maximum atomic E-state index is 12.7. The Labute approximate surface area is 127 Å². The first-order valence-electron chi connectivity index (χ1n) is 6.40. The van der Waals surface area contributed by atoms with Crippen molar-refractivity contribution >= 4 is 33.6 Å². The number of aromatic nitrogens is 3. The fourth-order valence-corrected chi connectivity index (χ4v) is 3.50. The largest absolute Gasteiger partial charge is 0.490 e. The molecule has 7 nitrogen and oxygen atoms in total. The van der Waals surface area contributed by atoms with Gasteiger partial charge in [-0.25, -0.2) is 22.4 Å². The standard InChI is InChI=1S/C13H12BN3O4S/c1-9-2-4-10(5-3-9)22(20,21)17-7-12(14(18)19)11-6-15-8-16-13(11)17/h2-8,18-19H,1H3. The molecule has 0 fully saturated rings. The average Bonchev–Trinajstić information content (AvgIpc) is 2.88. The van der Waals surface area contributed by atoms with Crippen molar-refractivity contribution in [2.75, 3.05) is 0 Å². The second kappa shape index (κ2) is 5.20. The molecular formula is C13H12BN3O4S. The lowest BCUT2D eigenvalue weighted by Gasteiger charge is -2.07. The molecule has 2 N–H and O–H groups in total. The molecule has 1 aromatic carbocycles. The molecule has 0 spiro atoms. The number of rotatable bonds is 3. The number of hydrogen-bond donors (Lipinski definition) is 2. The molecule has 9 heteroatoms. The van der Waals surface area contributed by atoms with Gasteiger partial charge in [-0.2, -0.15) is 0 Å². The SMILES string of the molecule is Cc1ccc(S(=O)(=O)n2cc(B(O)O)c3cncnc32)cc1. The smallest absolute Gasteiger partial charge is 0.423 e. The first-order chi connectivity index (χ1) is 10.4. The minimum Gasteiger partial charge on any atom is -0.423 e. The minimum absolute atomic E-state index is 0.0336. The van der Waals surface area contributed by atoms with Gasteiger partial charge in [0.2, 0.25) is 0 Å². The fraction of sp³-hybridized carbons (Fsp3) is 0.0769. The van der Waals surface area contributed by atoms with Crippen molar-refractivity contribution in [2.45, 2.75) is 11.8 Å². The molecule has 0 atom stereocenters. The number of fused-ring (bicyclic) bond motifs is 1. The van der Waals surface area contributed by atoms with Crippen molar-refractivity contribution in [3.05, 3.63) is 48.5 Å². The molecule has 3 aromatic rings. The molecule has 0 unspecified atom stereocenters.